The number of rotatable bonds is 3. The molecule has 2 aromatic carbocycles. The van der Waals surface area contributed by atoms with Gasteiger partial charge in [0.05, 0.1) is 33.5 Å². The molecular weight excluding hydrogens is 455 g/mol. The summed E-state index contributed by atoms with van der Waals surface area (Å²) in [5.74, 6) is -0.643. The molecular formula is C25H20ClFN6O. The third kappa shape index (κ3) is 3.37. The molecule has 2 aromatic heterocycles. The fourth-order valence-corrected chi connectivity index (χ4v) is 4.98. The van der Waals surface area contributed by atoms with Gasteiger partial charge in [0.15, 0.2) is 0 Å². The summed E-state index contributed by atoms with van der Waals surface area (Å²) in [6.45, 7) is 7.34. The van der Waals surface area contributed by atoms with Gasteiger partial charge in [-0.2, -0.15) is 10.4 Å². The number of carbonyl (C=O) groups excluding carboxylic acids is 1. The van der Waals surface area contributed by atoms with Crippen LogP contribution in [0, 0.1) is 24.1 Å². The Bertz CT molecular complexity index is 1510. The number of pyridine rings is 1. The minimum atomic E-state index is -0.507. The summed E-state index contributed by atoms with van der Waals surface area (Å²) < 4.78 is 15.8. The number of aryl methyl sites for hydroxylation is 1. The van der Waals surface area contributed by atoms with Gasteiger partial charge >= 0.3 is 0 Å². The Balaban J connectivity index is 1.69. The zero-order valence-corrected chi connectivity index (χ0v) is 19.2. The quantitative estimate of drug-likeness (QED) is 0.439. The predicted molar refractivity (Wildman–Crippen MR) is 130 cm³/mol. The van der Waals surface area contributed by atoms with Crippen LogP contribution in [0.5, 0.6) is 0 Å². The molecule has 5 rings (SSSR count). The number of hydrogen-bond donors (Lipinski definition) is 1. The highest BCUT2D eigenvalue weighted by atomic mass is 35.5. The molecule has 170 valence electrons. The van der Waals surface area contributed by atoms with E-state index < -0.39 is 5.82 Å². The number of anilines is 1. The average molecular weight is 475 g/mol. The van der Waals surface area contributed by atoms with Crippen molar-refractivity contribution in [3.8, 4) is 17.2 Å². The molecule has 1 amide bonds. The number of benzene rings is 2. The Morgan fingerprint density at radius 2 is 2.00 bits per heavy atom. The topological polar surface area (TPSA) is 88.9 Å². The highest BCUT2D eigenvalue weighted by Gasteiger charge is 2.26. The van der Waals surface area contributed by atoms with Gasteiger partial charge < -0.3 is 9.80 Å². The summed E-state index contributed by atoms with van der Waals surface area (Å²) in [6, 6.07) is 7.34. The molecule has 1 fully saturated rings. The van der Waals surface area contributed by atoms with E-state index in [1.807, 2.05) is 24.0 Å². The fraction of sp³-hybridized carbons (Fsp3) is 0.200. The van der Waals surface area contributed by atoms with Crippen molar-refractivity contribution in [2.45, 2.75) is 6.92 Å². The van der Waals surface area contributed by atoms with Crippen molar-refractivity contribution in [3.05, 3.63) is 65.2 Å². The first-order valence-corrected chi connectivity index (χ1v) is 11.1. The van der Waals surface area contributed by atoms with Crippen LogP contribution in [0.2, 0.25) is 5.02 Å². The van der Waals surface area contributed by atoms with Crippen LogP contribution in [-0.4, -0.2) is 52.2 Å². The van der Waals surface area contributed by atoms with E-state index in [1.54, 1.807) is 11.1 Å². The molecule has 4 aromatic rings. The highest BCUT2D eigenvalue weighted by Crippen LogP contribution is 2.43. The lowest BCUT2D eigenvalue weighted by molar-refractivity contribution is -0.126. The standard InChI is InChI=1S/C25H20ClFN6O/c1-3-20(34)32-6-8-33(9-7-32)25-15(11-28)12-29-24-16(25)10-18(27)22(23(24)26)21-14(2)4-5-19-17(21)13-30-31-19/h3-5,10,12-13H,1,6-9H2,2H3,(H,30,31). The second-order valence-electron chi connectivity index (χ2n) is 8.18. The van der Waals surface area contributed by atoms with E-state index in [0.717, 1.165) is 16.5 Å². The normalized spacial score (nSPS) is 13.9. The van der Waals surface area contributed by atoms with Crippen molar-refractivity contribution in [1.29, 1.82) is 5.26 Å². The van der Waals surface area contributed by atoms with Crippen LogP contribution in [0.1, 0.15) is 11.1 Å². The summed E-state index contributed by atoms with van der Waals surface area (Å²) in [5, 5.41) is 18.2. The molecule has 0 spiro atoms. The summed E-state index contributed by atoms with van der Waals surface area (Å²) in [4.78, 5) is 20.1. The third-order valence-corrected chi connectivity index (χ3v) is 6.68. The van der Waals surface area contributed by atoms with Crippen molar-refractivity contribution < 1.29 is 9.18 Å². The van der Waals surface area contributed by atoms with E-state index in [9.17, 15) is 10.1 Å². The van der Waals surface area contributed by atoms with E-state index in [4.69, 9.17) is 11.6 Å². The monoisotopic (exact) mass is 474 g/mol. The number of piperazine rings is 1. The number of aromatic nitrogens is 3. The number of amides is 1. The number of carbonyl (C=O) groups is 1. The van der Waals surface area contributed by atoms with Gasteiger partial charge in [-0.1, -0.05) is 24.2 Å². The largest absolute Gasteiger partial charge is 0.366 e. The lowest BCUT2D eigenvalue weighted by Crippen LogP contribution is -2.48. The van der Waals surface area contributed by atoms with Gasteiger partial charge in [-0.15, -0.1) is 0 Å². The van der Waals surface area contributed by atoms with Crippen LogP contribution in [0.4, 0.5) is 10.1 Å². The number of nitriles is 1. The molecule has 1 aliphatic heterocycles. The van der Waals surface area contributed by atoms with E-state index in [2.05, 4.69) is 27.8 Å². The van der Waals surface area contributed by atoms with Crippen LogP contribution in [0.3, 0.4) is 0 Å². The van der Waals surface area contributed by atoms with Crippen LogP contribution in [0.15, 0.2) is 43.2 Å². The lowest BCUT2D eigenvalue weighted by Gasteiger charge is -2.36. The third-order valence-electron chi connectivity index (χ3n) is 6.31. The molecule has 3 heterocycles. The smallest absolute Gasteiger partial charge is 0.246 e. The summed E-state index contributed by atoms with van der Waals surface area (Å²) in [5.41, 5.74) is 3.85. The van der Waals surface area contributed by atoms with Gasteiger partial charge in [-0.3, -0.25) is 14.9 Å². The zero-order valence-electron chi connectivity index (χ0n) is 18.4. The molecule has 1 N–H and O–H groups in total. The van der Waals surface area contributed by atoms with Crippen molar-refractivity contribution in [3.63, 3.8) is 0 Å². The summed E-state index contributed by atoms with van der Waals surface area (Å²) >= 11 is 6.81. The number of H-pyrrole nitrogens is 1. The van der Waals surface area contributed by atoms with Gasteiger partial charge in [0.1, 0.15) is 11.9 Å². The van der Waals surface area contributed by atoms with Crippen LogP contribution < -0.4 is 4.90 Å². The first-order chi connectivity index (χ1) is 16.4. The number of halogens is 2. The molecule has 34 heavy (non-hydrogen) atoms. The van der Waals surface area contributed by atoms with Crippen LogP contribution in [0.25, 0.3) is 32.9 Å². The van der Waals surface area contributed by atoms with E-state index >= 15 is 4.39 Å². The fourth-order valence-electron chi connectivity index (χ4n) is 4.64. The Hall–Kier alpha value is -3.96. The molecule has 7 nitrogen and oxygen atoms in total. The van der Waals surface area contributed by atoms with Gasteiger partial charge in [0.2, 0.25) is 5.91 Å². The molecule has 0 unspecified atom stereocenters. The molecule has 0 saturated carbocycles. The Labute approximate surface area is 200 Å². The maximum atomic E-state index is 15.8. The SMILES string of the molecule is C=CC(=O)N1CCN(c2c(C#N)cnc3c(Cl)c(-c4c(C)ccc5[nH]ncc45)c(F)cc23)CC1. The van der Waals surface area contributed by atoms with Crippen molar-refractivity contribution in [2.75, 3.05) is 31.1 Å². The lowest BCUT2D eigenvalue weighted by atomic mass is 9.94. The second-order valence-corrected chi connectivity index (χ2v) is 8.56. The molecule has 1 aliphatic rings. The molecule has 0 aliphatic carbocycles. The average Bonchev–Trinajstić information content (AvgIpc) is 3.33. The predicted octanol–water partition coefficient (Wildman–Crippen LogP) is 4.59. The Kier molecular flexibility index (Phi) is 5.42. The highest BCUT2D eigenvalue weighted by molar-refractivity contribution is 6.38. The van der Waals surface area contributed by atoms with Crippen molar-refractivity contribution >= 4 is 45.0 Å². The summed E-state index contributed by atoms with van der Waals surface area (Å²) in [6.07, 6.45) is 4.41. The maximum absolute atomic E-state index is 15.8. The van der Waals surface area contributed by atoms with E-state index in [1.165, 1.54) is 18.3 Å². The minimum Gasteiger partial charge on any atom is -0.366 e. The van der Waals surface area contributed by atoms with Crippen molar-refractivity contribution in [2.24, 2.45) is 0 Å². The van der Waals surface area contributed by atoms with Crippen LogP contribution in [-0.2, 0) is 4.79 Å². The number of nitrogens with zero attached hydrogens (tertiary/aromatic N) is 5. The molecule has 0 bridgehead atoms. The first kappa shape index (κ1) is 21.9. The number of hydrogen-bond acceptors (Lipinski definition) is 5. The van der Waals surface area contributed by atoms with Gasteiger partial charge in [-0.25, -0.2) is 4.39 Å². The van der Waals surface area contributed by atoms with Gasteiger partial charge in [-0.05, 0) is 30.7 Å². The Morgan fingerprint density at radius 3 is 2.71 bits per heavy atom. The molecule has 9 heteroatoms. The molecule has 1 saturated heterocycles. The van der Waals surface area contributed by atoms with Crippen LogP contribution >= 0.6 is 11.6 Å². The Morgan fingerprint density at radius 1 is 1.24 bits per heavy atom. The maximum Gasteiger partial charge on any atom is 0.246 e. The number of nitrogens with one attached hydrogen (secondary N) is 1. The second kappa shape index (κ2) is 8.43. The minimum absolute atomic E-state index is 0.137. The number of aromatic amines is 1. The van der Waals surface area contributed by atoms with Crippen molar-refractivity contribution in [1.82, 2.24) is 20.1 Å². The molecule has 0 atom stereocenters. The van der Waals surface area contributed by atoms with E-state index in [0.29, 0.717) is 53.9 Å². The van der Waals surface area contributed by atoms with Gasteiger partial charge in [0.25, 0.3) is 0 Å². The van der Waals surface area contributed by atoms with Gasteiger partial charge in [0, 0.05) is 54.3 Å². The zero-order chi connectivity index (χ0) is 24.0. The van der Waals surface area contributed by atoms with E-state index in [-0.39, 0.29) is 16.5 Å². The summed E-state index contributed by atoms with van der Waals surface area (Å²) in [7, 11) is 0. The number of fused-ring (bicyclic) bond motifs is 2. The molecule has 0 radical (unpaired) electrons. The first-order valence-electron chi connectivity index (χ1n) is 10.7.